The van der Waals surface area contributed by atoms with E-state index in [-0.39, 0.29) is 6.04 Å². The van der Waals surface area contributed by atoms with Crippen LogP contribution in [0.4, 0.5) is 0 Å². The fourth-order valence-electron chi connectivity index (χ4n) is 2.64. The van der Waals surface area contributed by atoms with Gasteiger partial charge in [-0.05, 0) is 42.4 Å². The molecule has 0 aromatic heterocycles. The Morgan fingerprint density at radius 1 is 0.952 bits per heavy atom. The summed E-state index contributed by atoms with van der Waals surface area (Å²) >= 11 is 0. The Hall–Kier alpha value is -1.64. The molecule has 0 saturated carbocycles. The average Bonchev–Trinajstić information content (AvgIpc) is 2.47. The maximum atomic E-state index is 5.73. The molecule has 2 heteroatoms. The van der Waals surface area contributed by atoms with E-state index in [1.807, 2.05) is 0 Å². The van der Waals surface area contributed by atoms with Crippen molar-refractivity contribution in [2.75, 3.05) is 0 Å². The summed E-state index contributed by atoms with van der Waals surface area (Å²) in [6.07, 6.45) is 1.90. The minimum Gasteiger partial charge on any atom is -0.271 e. The third-order valence-corrected chi connectivity index (χ3v) is 3.93. The van der Waals surface area contributed by atoms with E-state index < -0.39 is 0 Å². The smallest absolute Gasteiger partial charge is 0.0291 e. The first-order valence-corrected chi connectivity index (χ1v) is 7.69. The number of hydrogen-bond donors (Lipinski definition) is 2. The van der Waals surface area contributed by atoms with Crippen LogP contribution < -0.4 is 11.3 Å². The molecule has 2 rings (SSSR count). The van der Waals surface area contributed by atoms with E-state index in [1.165, 1.54) is 22.3 Å². The van der Waals surface area contributed by atoms with Crippen molar-refractivity contribution in [1.29, 1.82) is 0 Å². The molecule has 0 bridgehead atoms. The molecule has 1 unspecified atom stereocenters. The lowest BCUT2D eigenvalue weighted by Crippen LogP contribution is -2.38. The van der Waals surface area contributed by atoms with E-state index in [4.69, 9.17) is 5.84 Å². The first-order chi connectivity index (χ1) is 10.1. The highest BCUT2D eigenvalue weighted by molar-refractivity contribution is 5.27. The Labute approximate surface area is 128 Å². The zero-order valence-electron chi connectivity index (χ0n) is 13.3. The summed E-state index contributed by atoms with van der Waals surface area (Å²) < 4.78 is 0. The summed E-state index contributed by atoms with van der Waals surface area (Å²) in [5.41, 5.74) is 8.29. The number of nitrogens with two attached hydrogens (primary N) is 1. The van der Waals surface area contributed by atoms with Crippen LogP contribution in [-0.2, 0) is 12.8 Å². The molecule has 112 valence electrons. The van der Waals surface area contributed by atoms with E-state index in [0.717, 1.165) is 12.8 Å². The summed E-state index contributed by atoms with van der Waals surface area (Å²) in [5, 5.41) is 0. The molecule has 0 amide bonds. The molecule has 0 aliphatic carbocycles. The summed E-state index contributed by atoms with van der Waals surface area (Å²) in [4.78, 5) is 0. The van der Waals surface area contributed by atoms with E-state index in [2.05, 4.69) is 74.7 Å². The second kappa shape index (κ2) is 7.39. The molecule has 2 aromatic rings. The average molecular weight is 282 g/mol. The van der Waals surface area contributed by atoms with Gasteiger partial charge >= 0.3 is 0 Å². The zero-order valence-corrected chi connectivity index (χ0v) is 13.3. The minimum absolute atomic E-state index is 0.261. The highest BCUT2D eigenvalue weighted by Gasteiger charge is 2.09. The Morgan fingerprint density at radius 3 is 2.19 bits per heavy atom. The molecule has 0 saturated heterocycles. The van der Waals surface area contributed by atoms with Crippen LogP contribution in [0.25, 0.3) is 0 Å². The molecule has 0 fully saturated rings. The molecule has 1 atom stereocenters. The maximum Gasteiger partial charge on any atom is 0.0291 e. The van der Waals surface area contributed by atoms with Gasteiger partial charge in [0.25, 0.3) is 0 Å². The molecule has 0 spiro atoms. The van der Waals surface area contributed by atoms with Crippen LogP contribution in [0.1, 0.15) is 42.0 Å². The van der Waals surface area contributed by atoms with Crippen molar-refractivity contribution >= 4 is 0 Å². The van der Waals surface area contributed by atoms with Crippen LogP contribution in [0.2, 0.25) is 0 Å². The number of hydrazine groups is 1. The molecule has 2 nitrogen and oxygen atoms in total. The highest BCUT2D eigenvalue weighted by atomic mass is 15.2. The van der Waals surface area contributed by atoms with Crippen molar-refractivity contribution in [2.24, 2.45) is 5.84 Å². The van der Waals surface area contributed by atoms with Gasteiger partial charge in [0.2, 0.25) is 0 Å². The van der Waals surface area contributed by atoms with Crippen molar-refractivity contribution in [2.45, 2.75) is 45.6 Å². The largest absolute Gasteiger partial charge is 0.271 e. The summed E-state index contributed by atoms with van der Waals surface area (Å²) in [6.45, 7) is 6.56. The van der Waals surface area contributed by atoms with E-state index in [0.29, 0.717) is 5.92 Å². The lowest BCUT2D eigenvalue weighted by Gasteiger charge is -2.17. The van der Waals surface area contributed by atoms with Crippen LogP contribution in [0, 0.1) is 6.92 Å². The SMILES string of the molecule is Cc1cccc(CC(Cc2ccc(C(C)C)cc2)NN)c1. The van der Waals surface area contributed by atoms with Crippen molar-refractivity contribution in [1.82, 2.24) is 5.43 Å². The first-order valence-electron chi connectivity index (χ1n) is 7.69. The molecule has 3 N–H and O–H groups in total. The van der Waals surface area contributed by atoms with Crippen LogP contribution >= 0.6 is 0 Å². The predicted molar refractivity (Wildman–Crippen MR) is 90.2 cm³/mol. The normalized spacial score (nSPS) is 12.6. The van der Waals surface area contributed by atoms with Gasteiger partial charge in [0.05, 0.1) is 0 Å². The number of nitrogens with one attached hydrogen (secondary N) is 1. The van der Waals surface area contributed by atoms with Gasteiger partial charge in [-0.25, -0.2) is 0 Å². The Balaban J connectivity index is 2.01. The standard InChI is InChI=1S/C19H26N2/c1-14(2)18-9-7-16(8-10-18)12-19(21-20)13-17-6-4-5-15(3)11-17/h4-11,14,19,21H,12-13,20H2,1-3H3. The molecule has 0 aliphatic rings. The molecule has 0 aliphatic heterocycles. The third kappa shape index (κ3) is 4.69. The van der Waals surface area contributed by atoms with Crippen molar-refractivity contribution < 1.29 is 0 Å². The van der Waals surface area contributed by atoms with Crippen LogP contribution in [0.3, 0.4) is 0 Å². The summed E-state index contributed by atoms with van der Waals surface area (Å²) in [6, 6.07) is 17.8. The van der Waals surface area contributed by atoms with Crippen molar-refractivity contribution in [3.8, 4) is 0 Å². The number of benzene rings is 2. The molecular weight excluding hydrogens is 256 g/mol. The summed E-state index contributed by atoms with van der Waals surface area (Å²) in [5.74, 6) is 6.31. The lowest BCUT2D eigenvalue weighted by atomic mass is 9.96. The Morgan fingerprint density at radius 2 is 1.62 bits per heavy atom. The second-order valence-electron chi connectivity index (χ2n) is 6.16. The quantitative estimate of drug-likeness (QED) is 0.626. The monoisotopic (exact) mass is 282 g/mol. The molecule has 0 radical (unpaired) electrons. The Bertz CT molecular complexity index is 558. The zero-order chi connectivity index (χ0) is 15.2. The van der Waals surface area contributed by atoms with Crippen LogP contribution in [0.5, 0.6) is 0 Å². The van der Waals surface area contributed by atoms with Crippen LogP contribution in [-0.4, -0.2) is 6.04 Å². The number of rotatable bonds is 6. The maximum absolute atomic E-state index is 5.73. The molecule has 0 heterocycles. The van der Waals surface area contributed by atoms with Gasteiger partial charge < -0.3 is 0 Å². The minimum atomic E-state index is 0.261. The number of hydrogen-bond acceptors (Lipinski definition) is 2. The van der Waals surface area contributed by atoms with Gasteiger partial charge in [-0.2, -0.15) is 0 Å². The second-order valence-corrected chi connectivity index (χ2v) is 6.16. The number of aryl methyl sites for hydroxylation is 1. The Kier molecular flexibility index (Phi) is 5.54. The fraction of sp³-hybridized carbons (Fsp3) is 0.368. The third-order valence-electron chi connectivity index (χ3n) is 3.93. The first kappa shape index (κ1) is 15.7. The highest BCUT2D eigenvalue weighted by Crippen LogP contribution is 2.16. The predicted octanol–water partition coefficient (Wildman–Crippen LogP) is 3.74. The summed E-state index contributed by atoms with van der Waals surface area (Å²) in [7, 11) is 0. The van der Waals surface area contributed by atoms with Crippen molar-refractivity contribution in [3.63, 3.8) is 0 Å². The van der Waals surface area contributed by atoms with Crippen molar-refractivity contribution in [3.05, 3.63) is 70.8 Å². The van der Waals surface area contributed by atoms with E-state index in [9.17, 15) is 0 Å². The van der Waals surface area contributed by atoms with Gasteiger partial charge in [-0.1, -0.05) is 67.9 Å². The molecule has 21 heavy (non-hydrogen) atoms. The lowest BCUT2D eigenvalue weighted by molar-refractivity contribution is 0.522. The van der Waals surface area contributed by atoms with Gasteiger partial charge in [-0.3, -0.25) is 11.3 Å². The molecule has 2 aromatic carbocycles. The van der Waals surface area contributed by atoms with E-state index in [1.54, 1.807) is 0 Å². The van der Waals surface area contributed by atoms with E-state index >= 15 is 0 Å². The van der Waals surface area contributed by atoms with Gasteiger partial charge in [0.1, 0.15) is 0 Å². The fourth-order valence-corrected chi connectivity index (χ4v) is 2.64. The van der Waals surface area contributed by atoms with Gasteiger partial charge in [0, 0.05) is 6.04 Å². The topological polar surface area (TPSA) is 38.0 Å². The van der Waals surface area contributed by atoms with Gasteiger partial charge in [-0.15, -0.1) is 0 Å². The van der Waals surface area contributed by atoms with Gasteiger partial charge in [0.15, 0.2) is 0 Å². The van der Waals surface area contributed by atoms with Crippen LogP contribution in [0.15, 0.2) is 48.5 Å². The molecular formula is C19H26N2.